The number of ether oxygens (including phenoxy) is 1. The molecule has 3 aromatic carbocycles. The molecule has 0 aliphatic heterocycles. The largest absolute Gasteiger partial charge is 0.497 e. The zero-order valence-electron chi connectivity index (χ0n) is 14.8. The maximum absolute atomic E-state index is 9.41. The first-order valence-electron chi connectivity index (χ1n) is 8.53. The van der Waals surface area contributed by atoms with Gasteiger partial charge in [0.15, 0.2) is 0 Å². The highest BCUT2D eigenvalue weighted by atomic mass is 16.5. The van der Waals surface area contributed by atoms with Crippen LogP contribution in [0.15, 0.2) is 60.7 Å². The van der Waals surface area contributed by atoms with Crippen LogP contribution in [0, 0.1) is 6.92 Å². The number of benzene rings is 3. The van der Waals surface area contributed by atoms with E-state index in [9.17, 15) is 5.11 Å². The second-order valence-electron chi connectivity index (χ2n) is 6.37. The van der Waals surface area contributed by atoms with E-state index in [1.54, 1.807) is 7.11 Å². The molecule has 0 radical (unpaired) electrons. The number of aryl methyl sites for hydroxylation is 1. The molecule has 0 saturated carbocycles. The van der Waals surface area contributed by atoms with Gasteiger partial charge in [0.1, 0.15) is 5.75 Å². The molecule has 0 unspecified atom stereocenters. The van der Waals surface area contributed by atoms with Gasteiger partial charge in [-0.05, 0) is 48.9 Å². The van der Waals surface area contributed by atoms with Gasteiger partial charge >= 0.3 is 0 Å². The Bertz CT molecular complexity index is 1110. The van der Waals surface area contributed by atoms with Gasteiger partial charge in [-0.15, -0.1) is 0 Å². The van der Waals surface area contributed by atoms with Crippen LogP contribution in [0.25, 0.3) is 21.8 Å². The predicted octanol–water partition coefficient (Wildman–Crippen LogP) is 4.94. The summed E-state index contributed by atoms with van der Waals surface area (Å²) < 4.78 is 5.35. The van der Waals surface area contributed by atoms with E-state index in [0.717, 1.165) is 44.5 Å². The fourth-order valence-corrected chi connectivity index (χ4v) is 3.19. The number of hydrogen-bond donors (Lipinski definition) is 2. The van der Waals surface area contributed by atoms with E-state index in [2.05, 4.69) is 24.4 Å². The van der Waals surface area contributed by atoms with Gasteiger partial charge in [-0.3, -0.25) is 0 Å². The molecular weight excluding hydrogens is 324 g/mol. The van der Waals surface area contributed by atoms with Crippen LogP contribution in [-0.4, -0.2) is 17.2 Å². The number of nitrogens with one attached hydrogen (secondary N) is 1. The first-order chi connectivity index (χ1) is 12.7. The predicted molar refractivity (Wildman–Crippen MR) is 106 cm³/mol. The highest BCUT2D eigenvalue weighted by Gasteiger charge is 2.11. The minimum atomic E-state index is 0.0175. The molecule has 26 heavy (non-hydrogen) atoms. The fourth-order valence-electron chi connectivity index (χ4n) is 3.19. The van der Waals surface area contributed by atoms with Crippen molar-refractivity contribution in [1.29, 1.82) is 0 Å². The number of nitrogens with zero attached hydrogens (tertiary/aromatic N) is 1. The van der Waals surface area contributed by atoms with Crippen molar-refractivity contribution in [2.24, 2.45) is 0 Å². The van der Waals surface area contributed by atoms with E-state index >= 15 is 0 Å². The monoisotopic (exact) mass is 344 g/mol. The van der Waals surface area contributed by atoms with Crippen LogP contribution in [0.5, 0.6) is 5.75 Å². The summed E-state index contributed by atoms with van der Waals surface area (Å²) in [4.78, 5) is 4.80. The normalized spacial score (nSPS) is 11.0. The van der Waals surface area contributed by atoms with Crippen molar-refractivity contribution in [2.45, 2.75) is 13.5 Å². The van der Waals surface area contributed by atoms with Crippen LogP contribution in [0.2, 0.25) is 0 Å². The molecule has 4 nitrogen and oxygen atoms in total. The maximum atomic E-state index is 9.41. The molecule has 0 aliphatic rings. The van der Waals surface area contributed by atoms with Gasteiger partial charge < -0.3 is 15.2 Å². The molecule has 0 aliphatic carbocycles. The van der Waals surface area contributed by atoms with E-state index in [-0.39, 0.29) is 6.61 Å². The summed E-state index contributed by atoms with van der Waals surface area (Å²) in [6, 6.07) is 20.0. The van der Waals surface area contributed by atoms with Crippen molar-refractivity contribution >= 4 is 33.2 Å². The number of methoxy groups -OCH3 is 1. The number of pyridine rings is 1. The molecule has 0 atom stereocenters. The Morgan fingerprint density at radius 3 is 2.65 bits per heavy atom. The second-order valence-corrected chi connectivity index (χ2v) is 6.37. The number of aromatic nitrogens is 1. The van der Waals surface area contributed by atoms with Gasteiger partial charge in [-0.25, -0.2) is 4.98 Å². The van der Waals surface area contributed by atoms with Crippen molar-refractivity contribution < 1.29 is 9.84 Å². The summed E-state index contributed by atoms with van der Waals surface area (Å²) in [7, 11) is 1.66. The molecule has 4 rings (SSSR count). The third-order valence-corrected chi connectivity index (χ3v) is 4.52. The van der Waals surface area contributed by atoms with Gasteiger partial charge in [-0.2, -0.15) is 0 Å². The van der Waals surface area contributed by atoms with Crippen molar-refractivity contribution in [3.8, 4) is 5.75 Å². The molecule has 0 amide bonds. The molecule has 4 aromatic rings. The second kappa shape index (κ2) is 6.65. The van der Waals surface area contributed by atoms with E-state index in [1.807, 2.05) is 48.5 Å². The van der Waals surface area contributed by atoms with Crippen LogP contribution in [0.4, 0.5) is 11.4 Å². The van der Waals surface area contributed by atoms with Gasteiger partial charge in [0, 0.05) is 22.5 Å². The lowest BCUT2D eigenvalue weighted by molar-refractivity contribution is 0.282. The summed E-state index contributed by atoms with van der Waals surface area (Å²) in [6.45, 7) is 2.09. The minimum absolute atomic E-state index is 0.0175. The lowest BCUT2D eigenvalue weighted by Crippen LogP contribution is -1.97. The zero-order chi connectivity index (χ0) is 18.1. The van der Waals surface area contributed by atoms with E-state index in [0.29, 0.717) is 0 Å². The molecule has 0 spiro atoms. The average Bonchev–Trinajstić information content (AvgIpc) is 2.68. The number of aliphatic hydroxyl groups is 1. The topological polar surface area (TPSA) is 54.4 Å². The Hall–Kier alpha value is -3.11. The molecule has 130 valence electrons. The summed E-state index contributed by atoms with van der Waals surface area (Å²) in [5.41, 5.74) is 5.79. The Balaban J connectivity index is 1.97. The van der Waals surface area contributed by atoms with Crippen LogP contribution < -0.4 is 10.1 Å². The summed E-state index contributed by atoms with van der Waals surface area (Å²) in [5, 5.41) is 15.0. The first kappa shape index (κ1) is 16.4. The minimum Gasteiger partial charge on any atom is -0.497 e. The quantitative estimate of drug-likeness (QED) is 0.515. The maximum Gasteiger partial charge on any atom is 0.121 e. The van der Waals surface area contributed by atoms with E-state index in [4.69, 9.17) is 9.72 Å². The number of anilines is 2. The molecule has 4 heteroatoms. The molecule has 0 bridgehead atoms. The van der Waals surface area contributed by atoms with Crippen LogP contribution in [-0.2, 0) is 6.61 Å². The summed E-state index contributed by atoms with van der Waals surface area (Å²) in [5.74, 6) is 0.782. The van der Waals surface area contributed by atoms with Gasteiger partial charge in [0.05, 0.1) is 30.4 Å². The van der Waals surface area contributed by atoms with Crippen LogP contribution in [0.1, 0.15) is 11.1 Å². The van der Waals surface area contributed by atoms with Crippen LogP contribution >= 0.6 is 0 Å². The van der Waals surface area contributed by atoms with Gasteiger partial charge in [-0.1, -0.05) is 23.8 Å². The van der Waals surface area contributed by atoms with Gasteiger partial charge in [0.2, 0.25) is 0 Å². The van der Waals surface area contributed by atoms with E-state index in [1.165, 1.54) is 5.56 Å². The lowest BCUT2D eigenvalue weighted by Gasteiger charge is -2.15. The van der Waals surface area contributed by atoms with Crippen molar-refractivity contribution in [1.82, 2.24) is 4.98 Å². The van der Waals surface area contributed by atoms with Crippen molar-refractivity contribution in [2.75, 3.05) is 12.4 Å². The van der Waals surface area contributed by atoms with E-state index < -0.39 is 0 Å². The van der Waals surface area contributed by atoms with Crippen LogP contribution in [0.3, 0.4) is 0 Å². The Labute approximate surface area is 152 Å². The fraction of sp³-hybridized carbons (Fsp3) is 0.136. The molecule has 0 saturated heterocycles. The third kappa shape index (κ3) is 2.95. The van der Waals surface area contributed by atoms with Crippen molar-refractivity contribution in [3.05, 3.63) is 71.8 Å². The standard InChI is InChI=1S/C22H20N2O2/c1-14-6-9-20-19(10-14)22(23-16-5-3-4-15(11-16)13-25)18-8-7-17(26-2)12-21(18)24-20/h3-12,25H,13H2,1-2H3,(H,23,24). The molecule has 1 heterocycles. The number of aliphatic hydroxyl groups excluding tert-OH is 1. The summed E-state index contributed by atoms with van der Waals surface area (Å²) >= 11 is 0. The number of fused-ring (bicyclic) bond motifs is 2. The first-order valence-corrected chi connectivity index (χ1v) is 8.53. The smallest absolute Gasteiger partial charge is 0.121 e. The molecular formula is C22H20N2O2. The number of rotatable bonds is 4. The Kier molecular flexibility index (Phi) is 4.19. The highest BCUT2D eigenvalue weighted by molar-refractivity contribution is 6.09. The average molecular weight is 344 g/mol. The Morgan fingerprint density at radius 2 is 1.85 bits per heavy atom. The van der Waals surface area contributed by atoms with Gasteiger partial charge in [0.25, 0.3) is 0 Å². The molecule has 0 fully saturated rings. The zero-order valence-corrected chi connectivity index (χ0v) is 14.8. The SMILES string of the molecule is COc1ccc2c(Nc3cccc(CO)c3)c3cc(C)ccc3nc2c1. The molecule has 2 N–H and O–H groups in total. The van der Waals surface area contributed by atoms with Crippen molar-refractivity contribution in [3.63, 3.8) is 0 Å². The third-order valence-electron chi connectivity index (χ3n) is 4.52. The summed E-state index contributed by atoms with van der Waals surface area (Å²) in [6.07, 6.45) is 0. The molecule has 1 aromatic heterocycles. The Morgan fingerprint density at radius 1 is 0.962 bits per heavy atom. The highest BCUT2D eigenvalue weighted by Crippen LogP contribution is 2.35. The number of hydrogen-bond acceptors (Lipinski definition) is 4. The lowest BCUT2D eigenvalue weighted by atomic mass is 10.0.